The van der Waals surface area contributed by atoms with E-state index in [1.165, 1.54) is 25.0 Å². The van der Waals surface area contributed by atoms with Gasteiger partial charge in [0, 0.05) is 18.2 Å². The average molecular weight is 301 g/mol. The molecule has 1 aliphatic carbocycles. The maximum absolute atomic E-state index is 12.9. The Balaban J connectivity index is 1.56. The summed E-state index contributed by atoms with van der Waals surface area (Å²) in [5, 5.41) is 3.80. The van der Waals surface area contributed by atoms with Crippen LogP contribution in [0.2, 0.25) is 0 Å². The normalized spacial score (nSPS) is 23.8. The van der Waals surface area contributed by atoms with Gasteiger partial charge in [-0.2, -0.15) is 4.98 Å². The molecule has 2 aromatic rings. The summed E-state index contributed by atoms with van der Waals surface area (Å²) in [6.45, 7) is 0.772. The lowest BCUT2D eigenvalue weighted by atomic mass is 10.0. The molecule has 22 heavy (non-hydrogen) atoms. The zero-order valence-corrected chi connectivity index (χ0v) is 12.0. The number of carbonyl (C=O) groups is 1. The van der Waals surface area contributed by atoms with Gasteiger partial charge in [0.25, 0.3) is 17.6 Å². The number of hydrogen-bond acceptors (Lipinski definition) is 4. The lowest BCUT2D eigenvalue weighted by Gasteiger charge is -2.22. The molecule has 2 aliphatic rings. The van der Waals surface area contributed by atoms with Crippen LogP contribution in [0.5, 0.6) is 0 Å². The molecular weight excluding hydrogens is 285 g/mol. The summed E-state index contributed by atoms with van der Waals surface area (Å²) in [7, 11) is 0. The summed E-state index contributed by atoms with van der Waals surface area (Å²) in [6.07, 6.45) is 4.53. The minimum atomic E-state index is -0.330. The van der Waals surface area contributed by atoms with E-state index in [1.54, 1.807) is 12.1 Å². The Kier molecular flexibility index (Phi) is 3.17. The van der Waals surface area contributed by atoms with Crippen LogP contribution in [-0.2, 0) is 0 Å². The first kappa shape index (κ1) is 13.4. The number of nitrogens with zero attached hydrogens (tertiary/aromatic N) is 3. The molecule has 0 N–H and O–H groups in total. The van der Waals surface area contributed by atoms with Crippen LogP contribution in [0.3, 0.4) is 0 Å². The van der Waals surface area contributed by atoms with Gasteiger partial charge in [0.2, 0.25) is 0 Å². The molecule has 1 saturated heterocycles. The van der Waals surface area contributed by atoms with Crippen LogP contribution >= 0.6 is 0 Å². The average Bonchev–Trinajstić information content (AvgIpc) is 3.23. The summed E-state index contributed by atoms with van der Waals surface area (Å²) in [5.74, 6) is 0.472. The molecule has 0 unspecified atom stereocenters. The Hall–Kier alpha value is -2.24. The number of aromatic nitrogens is 2. The molecule has 2 fully saturated rings. The monoisotopic (exact) mass is 301 g/mol. The Labute approximate surface area is 127 Å². The molecule has 1 saturated carbocycles. The highest BCUT2D eigenvalue weighted by atomic mass is 19.1. The second-order valence-corrected chi connectivity index (χ2v) is 5.98. The van der Waals surface area contributed by atoms with E-state index in [2.05, 4.69) is 10.1 Å². The fraction of sp³-hybridized carbons (Fsp3) is 0.438. The number of carbonyl (C=O) groups excluding carboxylic acids is 1. The largest absolute Gasteiger partial charge is 0.333 e. The summed E-state index contributed by atoms with van der Waals surface area (Å²) in [6, 6.07) is 6.09. The van der Waals surface area contributed by atoms with Crippen LogP contribution in [0.1, 0.15) is 36.3 Å². The van der Waals surface area contributed by atoms with Crippen molar-refractivity contribution >= 4 is 5.91 Å². The Bertz CT molecular complexity index is 698. The van der Waals surface area contributed by atoms with Crippen molar-refractivity contribution in [3.05, 3.63) is 35.9 Å². The lowest BCUT2D eigenvalue weighted by molar-refractivity contribution is 0.0713. The molecule has 0 bridgehead atoms. The summed E-state index contributed by atoms with van der Waals surface area (Å²) >= 11 is 0. The van der Waals surface area contributed by atoms with Crippen LogP contribution in [0, 0.1) is 11.7 Å². The van der Waals surface area contributed by atoms with E-state index in [1.807, 2.05) is 4.90 Å². The molecule has 1 aromatic heterocycles. The molecule has 114 valence electrons. The molecule has 1 aromatic carbocycles. The van der Waals surface area contributed by atoms with Gasteiger partial charge >= 0.3 is 0 Å². The van der Waals surface area contributed by atoms with Gasteiger partial charge in [-0.1, -0.05) is 11.6 Å². The molecule has 2 heterocycles. The van der Waals surface area contributed by atoms with Crippen molar-refractivity contribution in [3.8, 4) is 11.5 Å². The van der Waals surface area contributed by atoms with Crippen LogP contribution in [-0.4, -0.2) is 33.5 Å². The number of rotatable bonds is 2. The van der Waals surface area contributed by atoms with Crippen LogP contribution in [0.15, 0.2) is 28.8 Å². The Morgan fingerprint density at radius 3 is 2.86 bits per heavy atom. The molecule has 1 aliphatic heterocycles. The quantitative estimate of drug-likeness (QED) is 0.855. The van der Waals surface area contributed by atoms with E-state index >= 15 is 0 Å². The highest BCUT2D eigenvalue weighted by Gasteiger charge is 2.41. The Morgan fingerprint density at radius 2 is 2.05 bits per heavy atom. The van der Waals surface area contributed by atoms with Crippen LogP contribution < -0.4 is 0 Å². The van der Waals surface area contributed by atoms with Gasteiger partial charge in [-0.15, -0.1) is 0 Å². The van der Waals surface area contributed by atoms with Crippen molar-refractivity contribution in [1.29, 1.82) is 0 Å². The second kappa shape index (κ2) is 5.19. The predicted molar refractivity (Wildman–Crippen MR) is 76.5 cm³/mol. The molecule has 6 heteroatoms. The first-order valence-electron chi connectivity index (χ1n) is 7.63. The maximum Gasteiger partial charge on any atom is 0.295 e. The predicted octanol–water partition coefficient (Wildman–Crippen LogP) is 2.89. The van der Waals surface area contributed by atoms with Gasteiger partial charge in [-0.05, 0) is 49.4 Å². The SMILES string of the molecule is O=C(c1noc(-c2ccc(F)cc2)n1)N1CC[C@@H]2CCC[C@@H]21. The van der Waals surface area contributed by atoms with Crippen molar-refractivity contribution < 1.29 is 13.7 Å². The number of fused-ring (bicyclic) bond motifs is 1. The smallest absolute Gasteiger partial charge is 0.295 e. The standard InChI is InChI=1S/C16H16FN3O2/c17-12-6-4-11(5-7-12)15-18-14(19-22-15)16(21)20-9-8-10-2-1-3-13(10)20/h4-7,10,13H,1-3,8-9H2/t10-,13-/m0/s1. The van der Waals surface area contributed by atoms with E-state index < -0.39 is 0 Å². The van der Waals surface area contributed by atoms with Gasteiger partial charge in [0.1, 0.15) is 5.82 Å². The van der Waals surface area contributed by atoms with Gasteiger partial charge in [-0.25, -0.2) is 4.39 Å². The molecule has 1 amide bonds. The van der Waals surface area contributed by atoms with Crippen molar-refractivity contribution in [3.63, 3.8) is 0 Å². The minimum absolute atomic E-state index is 0.0897. The van der Waals surface area contributed by atoms with E-state index in [-0.39, 0.29) is 23.4 Å². The summed E-state index contributed by atoms with van der Waals surface area (Å²) in [4.78, 5) is 18.6. The van der Waals surface area contributed by atoms with Gasteiger partial charge in [-0.3, -0.25) is 4.79 Å². The highest BCUT2D eigenvalue weighted by Crippen LogP contribution is 2.38. The maximum atomic E-state index is 12.9. The first-order valence-corrected chi connectivity index (χ1v) is 7.63. The number of amides is 1. The molecule has 4 rings (SSSR count). The van der Waals surface area contributed by atoms with Crippen molar-refractivity contribution in [1.82, 2.24) is 15.0 Å². The zero-order chi connectivity index (χ0) is 15.1. The van der Waals surface area contributed by atoms with E-state index in [4.69, 9.17) is 4.52 Å². The number of benzene rings is 1. The third-order valence-corrected chi connectivity index (χ3v) is 4.73. The number of hydrogen-bond donors (Lipinski definition) is 0. The fourth-order valence-electron chi connectivity index (χ4n) is 3.64. The van der Waals surface area contributed by atoms with Crippen LogP contribution in [0.25, 0.3) is 11.5 Å². The lowest BCUT2D eigenvalue weighted by Crippen LogP contribution is -2.36. The zero-order valence-electron chi connectivity index (χ0n) is 12.0. The van der Waals surface area contributed by atoms with Crippen molar-refractivity contribution in [2.75, 3.05) is 6.54 Å². The molecule has 5 nitrogen and oxygen atoms in total. The van der Waals surface area contributed by atoms with Crippen molar-refractivity contribution in [2.45, 2.75) is 31.7 Å². The summed E-state index contributed by atoms with van der Waals surface area (Å²) in [5.41, 5.74) is 0.605. The molecule has 0 spiro atoms. The van der Waals surface area contributed by atoms with Crippen molar-refractivity contribution in [2.24, 2.45) is 5.92 Å². The third kappa shape index (κ3) is 2.19. The summed E-state index contributed by atoms with van der Waals surface area (Å²) < 4.78 is 18.1. The number of halogens is 1. The van der Waals surface area contributed by atoms with Gasteiger partial charge in [0.05, 0.1) is 0 Å². The third-order valence-electron chi connectivity index (χ3n) is 4.73. The topological polar surface area (TPSA) is 59.2 Å². The highest BCUT2D eigenvalue weighted by molar-refractivity contribution is 5.91. The van der Waals surface area contributed by atoms with E-state index in [0.29, 0.717) is 17.5 Å². The fourth-order valence-corrected chi connectivity index (χ4v) is 3.64. The number of likely N-dealkylation sites (tertiary alicyclic amines) is 1. The molecule has 2 atom stereocenters. The van der Waals surface area contributed by atoms with Gasteiger partial charge in [0.15, 0.2) is 0 Å². The van der Waals surface area contributed by atoms with E-state index in [9.17, 15) is 9.18 Å². The van der Waals surface area contributed by atoms with Crippen LogP contribution in [0.4, 0.5) is 4.39 Å². The molecule has 0 radical (unpaired) electrons. The van der Waals surface area contributed by atoms with Gasteiger partial charge < -0.3 is 9.42 Å². The minimum Gasteiger partial charge on any atom is -0.333 e. The Morgan fingerprint density at radius 1 is 1.23 bits per heavy atom. The second-order valence-electron chi connectivity index (χ2n) is 5.98. The van der Waals surface area contributed by atoms with E-state index in [0.717, 1.165) is 19.4 Å². The molecular formula is C16H16FN3O2. The first-order chi connectivity index (χ1) is 10.7.